The molecule has 7 nitrogen and oxygen atoms in total. The molecule has 0 spiro atoms. The first-order valence-corrected chi connectivity index (χ1v) is 9.40. The molecular formula is C22H16F3N5O2. The molecule has 162 valence electrons. The molecule has 0 radical (unpaired) electrons. The van der Waals surface area contributed by atoms with Gasteiger partial charge in [-0.15, -0.1) is 0 Å². The van der Waals surface area contributed by atoms with Crippen LogP contribution in [0.5, 0.6) is 11.6 Å². The topological polar surface area (TPSA) is 81.9 Å². The highest BCUT2D eigenvalue weighted by Gasteiger charge is 2.19. The standard InChI is InChI=1S/C22H16F3N5O2/c1-12-9-13(2)30(29-12)18-10-19(27-11-26-18)32-15-5-3-14(4-6-15)28-22(31)16-7-8-17(23)21(25)20(16)24/h3-11H,1-2H3,(H,28,31). The molecule has 2 aromatic carbocycles. The first-order chi connectivity index (χ1) is 15.3. The van der Waals surface area contributed by atoms with Gasteiger partial charge in [-0.2, -0.15) is 5.10 Å². The molecule has 10 heteroatoms. The average Bonchev–Trinajstić information content (AvgIpc) is 3.11. The number of anilines is 1. The number of nitrogens with zero attached hydrogens (tertiary/aromatic N) is 4. The molecule has 1 amide bonds. The molecule has 0 atom stereocenters. The van der Waals surface area contributed by atoms with Crippen LogP contribution in [0, 0.1) is 31.3 Å². The first kappa shape index (κ1) is 21.0. The van der Waals surface area contributed by atoms with Crippen LogP contribution in [-0.2, 0) is 0 Å². The number of aryl methyl sites for hydroxylation is 2. The van der Waals surface area contributed by atoms with Crippen molar-refractivity contribution in [2.75, 3.05) is 5.32 Å². The number of amides is 1. The van der Waals surface area contributed by atoms with E-state index in [0.29, 0.717) is 23.3 Å². The van der Waals surface area contributed by atoms with Gasteiger partial charge in [-0.1, -0.05) is 0 Å². The maximum absolute atomic E-state index is 13.8. The van der Waals surface area contributed by atoms with E-state index in [9.17, 15) is 18.0 Å². The number of halogens is 3. The van der Waals surface area contributed by atoms with E-state index in [0.717, 1.165) is 17.5 Å². The second-order valence-electron chi connectivity index (χ2n) is 6.86. The Morgan fingerprint density at radius 1 is 0.969 bits per heavy atom. The Balaban J connectivity index is 1.47. The van der Waals surface area contributed by atoms with Gasteiger partial charge in [-0.05, 0) is 56.3 Å². The van der Waals surface area contributed by atoms with E-state index < -0.39 is 28.9 Å². The molecule has 2 aromatic heterocycles. The maximum Gasteiger partial charge on any atom is 0.258 e. The summed E-state index contributed by atoms with van der Waals surface area (Å²) < 4.78 is 47.6. The minimum absolute atomic E-state index is 0.281. The van der Waals surface area contributed by atoms with Crippen LogP contribution < -0.4 is 10.1 Å². The number of carbonyl (C=O) groups is 1. The zero-order valence-corrected chi connectivity index (χ0v) is 16.9. The fraction of sp³-hybridized carbons (Fsp3) is 0.0909. The summed E-state index contributed by atoms with van der Waals surface area (Å²) in [6, 6.07) is 11.2. The van der Waals surface area contributed by atoms with Crippen LogP contribution in [0.2, 0.25) is 0 Å². The molecule has 4 aromatic rings. The van der Waals surface area contributed by atoms with Gasteiger partial charge in [0.05, 0.1) is 11.3 Å². The minimum Gasteiger partial charge on any atom is -0.439 e. The number of rotatable bonds is 5. The Morgan fingerprint density at radius 3 is 2.41 bits per heavy atom. The molecule has 32 heavy (non-hydrogen) atoms. The second-order valence-corrected chi connectivity index (χ2v) is 6.86. The molecule has 2 heterocycles. The summed E-state index contributed by atoms with van der Waals surface area (Å²) in [6.07, 6.45) is 1.35. The van der Waals surface area contributed by atoms with Crippen LogP contribution in [0.4, 0.5) is 18.9 Å². The first-order valence-electron chi connectivity index (χ1n) is 9.40. The Hall–Kier alpha value is -4.21. The van der Waals surface area contributed by atoms with E-state index in [-0.39, 0.29) is 5.88 Å². The minimum atomic E-state index is -1.70. The quantitative estimate of drug-likeness (QED) is 0.454. The van der Waals surface area contributed by atoms with Crippen LogP contribution in [0.3, 0.4) is 0 Å². The van der Waals surface area contributed by atoms with Crippen LogP contribution in [0.1, 0.15) is 21.7 Å². The fourth-order valence-electron chi connectivity index (χ4n) is 2.99. The van der Waals surface area contributed by atoms with E-state index in [1.807, 2.05) is 19.9 Å². The lowest BCUT2D eigenvalue weighted by molar-refractivity contribution is 0.102. The lowest BCUT2D eigenvalue weighted by Crippen LogP contribution is -2.15. The zero-order chi connectivity index (χ0) is 22.8. The van der Waals surface area contributed by atoms with E-state index in [4.69, 9.17) is 4.74 Å². The number of nitrogens with one attached hydrogen (secondary N) is 1. The fourth-order valence-corrected chi connectivity index (χ4v) is 2.99. The number of hydrogen-bond donors (Lipinski definition) is 1. The number of hydrogen-bond acceptors (Lipinski definition) is 5. The van der Waals surface area contributed by atoms with Gasteiger partial charge in [0.25, 0.3) is 5.91 Å². The molecule has 4 rings (SSSR count). The lowest BCUT2D eigenvalue weighted by Gasteiger charge is -2.09. The SMILES string of the molecule is Cc1cc(C)n(-c2cc(Oc3ccc(NC(=O)c4ccc(F)c(F)c4F)cc3)ncn2)n1. The third-order valence-corrected chi connectivity index (χ3v) is 4.47. The monoisotopic (exact) mass is 439 g/mol. The maximum atomic E-state index is 13.8. The predicted octanol–water partition coefficient (Wildman–Crippen LogP) is 4.74. The van der Waals surface area contributed by atoms with Gasteiger partial charge in [0.2, 0.25) is 5.88 Å². The van der Waals surface area contributed by atoms with E-state index >= 15 is 0 Å². The molecule has 0 aliphatic carbocycles. The van der Waals surface area contributed by atoms with Crippen molar-refractivity contribution in [2.45, 2.75) is 13.8 Å². The molecule has 0 unspecified atom stereocenters. The van der Waals surface area contributed by atoms with Gasteiger partial charge in [0.15, 0.2) is 23.3 Å². The molecule has 0 bridgehead atoms. The molecule has 0 aliphatic rings. The smallest absolute Gasteiger partial charge is 0.258 e. The molecule has 0 aliphatic heterocycles. The second kappa shape index (κ2) is 8.50. The largest absolute Gasteiger partial charge is 0.439 e. The lowest BCUT2D eigenvalue weighted by atomic mass is 10.1. The van der Waals surface area contributed by atoms with Gasteiger partial charge in [-0.3, -0.25) is 4.79 Å². The van der Waals surface area contributed by atoms with Crippen molar-refractivity contribution in [3.63, 3.8) is 0 Å². The predicted molar refractivity (Wildman–Crippen MR) is 109 cm³/mol. The van der Waals surface area contributed by atoms with Crippen LogP contribution in [-0.4, -0.2) is 25.7 Å². The van der Waals surface area contributed by atoms with Crippen LogP contribution in [0.15, 0.2) is 54.9 Å². The summed E-state index contributed by atoms with van der Waals surface area (Å²) in [5, 5.41) is 6.78. The van der Waals surface area contributed by atoms with Crippen molar-refractivity contribution in [2.24, 2.45) is 0 Å². The van der Waals surface area contributed by atoms with Crippen LogP contribution >= 0.6 is 0 Å². The van der Waals surface area contributed by atoms with Crippen molar-refractivity contribution in [3.05, 3.63) is 89.3 Å². The molecule has 0 saturated heterocycles. The van der Waals surface area contributed by atoms with Gasteiger partial charge in [0, 0.05) is 17.4 Å². The van der Waals surface area contributed by atoms with E-state index in [2.05, 4.69) is 20.4 Å². The van der Waals surface area contributed by atoms with Crippen molar-refractivity contribution in [1.82, 2.24) is 19.7 Å². The van der Waals surface area contributed by atoms with Crippen molar-refractivity contribution >= 4 is 11.6 Å². The van der Waals surface area contributed by atoms with Crippen molar-refractivity contribution < 1.29 is 22.7 Å². The molecule has 1 N–H and O–H groups in total. The van der Waals surface area contributed by atoms with Crippen LogP contribution in [0.25, 0.3) is 5.82 Å². The average molecular weight is 439 g/mol. The summed E-state index contributed by atoms with van der Waals surface area (Å²) in [7, 11) is 0. The van der Waals surface area contributed by atoms with Crippen molar-refractivity contribution in [1.29, 1.82) is 0 Å². The Morgan fingerprint density at radius 2 is 1.72 bits per heavy atom. The Kier molecular flexibility index (Phi) is 5.59. The highest BCUT2D eigenvalue weighted by molar-refractivity contribution is 6.04. The summed E-state index contributed by atoms with van der Waals surface area (Å²) in [4.78, 5) is 20.5. The third kappa shape index (κ3) is 4.29. The molecule has 0 saturated carbocycles. The Labute approximate surface area is 180 Å². The highest BCUT2D eigenvalue weighted by atomic mass is 19.2. The van der Waals surface area contributed by atoms with E-state index in [1.165, 1.54) is 18.5 Å². The van der Waals surface area contributed by atoms with E-state index in [1.54, 1.807) is 22.9 Å². The highest BCUT2D eigenvalue weighted by Crippen LogP contribution is 2.23. The third-order valence-electron chi connectivity index (χ3n) is 4.47. The number of benzene rings is 2. The summed E-state index contributed by atoms with van der Waals surface area (Å²) in [6.45, 7) is 3.78. The summed E-state index contributed by atoms with van der Waals surface area (Å²) in [5.41, 5.74) is 1.45. The number of carbonyl (C=O) groups excluding carboxylic acids is 1. The zero-order valence-electron chi connectivity index (χ0n) is 16.9. The summed E-state index contributed by atoms with van der Waals surface area (Å²) in [5.74, 6) is -4.30. The van der Waals surface area contributed by atoms with Gasteiger partial charge in [0.1, 0.15) is 12.1 Å². The van der Waals surface area contributed by atoms with Gasteiger partial charge < -0.3 is 10.1 Å². The van der Waals surface area contributed by atoms with Gasteiger partial charge in [-0.25, -0.2) is 27.8 Å². The normalized spacial score (nSPS) is 10.8. The number of aromatic nitrogens is 4. The van der Waals surface area contributed by atoms with Gasteiger partial charge >= 0.3 is 0 Å². The number of ether oxygens (including phenoxy) is 1. The van der Waals surface area contributed by atoms with Crippen molar-refractivity contribution in [3.8, 4) is 17.4 Å². The summed E-state index contributed by atoms with van der Waals surface area (Å²) >= 11 is 0. The Bertz CT molecular complexity index is 1310. The molecular weight excluding hydrogens is 423 g/mol. The molecule has 0 fully saturated rings.